The topological polar surface area (TPSA) is 47.3 Å². The summed E-state index contributed by atoms with van der Waals surface area (Å²) in [5.41, 5.74) is 0.0879. The lowest BCUT2D eigenvalue weighted by Gasteiger charge is -2.30. The normalized spacial score (nSPS) is 26.3. The van der Waals surface area contributed by atoms with E-state index in [1.807, 2.05) is 14.0 Å². The number of nitrogens with zero attached hydrogens (tertiary/aromatic N) is 3. The van der Waals surface area contributed by atoms with E-state index < -0.39 is 0 Å². The van der Waals surface area contributed by atoms with E-state index >= 15 is 0 Å². The molecule has 1 fully saturated rings. The summed E-state index contributed by atoms with van der Waals surface area (Å²) in [6, 6.07) is 1.86. The standard InChI is InChI=1S/C12H21N3O/c1-5-15-9-12(2,3)8-14(4)11(16)10(15)6-7-13/h10H,5-6,8-9H2,1-4H3. The first-order valence-electron chi connectivity index (χ1n) is 5.77. The van der Waals surface area contributed by atoms with Gasteiger partial charge in [-0.25, -0.2) is 0 Å². The fourth-order valence-corrected chi connectivity index (χ4v) is 2.48. The minimum atomic E-state index is -0.262. The van der Waals surface area contributed by atoms with Crippen LogP contribution in [-0.4, -0.2) is 48.4 Å². The van der Waals surface area contributed by atoms with Gasteiger partial charge in [0.05, 0.1) is 12.5 Å². The third kappa shape index (κ3) is 2.73. The fourth-order valence-electron chi connectivity index (χ4n) is 2.48. The molecule has 0 radical (unpaired) electrons. The van der Waals surface area contributed by atoms with E-state index in [1.165, 1.54) is 0 Å². The van der Waals surface area contributed by atoms with Crippen molar-refractivity contribution in [1.82, 2.24) is 9.80 Å². The molecule has 1 aliphatic rings. The minimum Gasteiger partial charge on any atom is -0.344 e. The van der Waals surface area contributed by atoms with Crippen LogP contribution in [0.1, 0.15) is 27.2 Å². The Morgan fingerprint density at radius 1 is 1.50 bits per heavy atom. The summed E-state index contributed by atoms with van der Waals surface area (Å²) in [6.07, 6.45) is 0.285. The molecule has 1 saturated heterocycles. The molecule has 0 aromatic rings. The van der Waals surface area contributed by atoms with Crippen molar-refractivity contribution in [3.8, 4) is 6.07 Å². The molecule has 4 heteroatoms. The first-order valence-corrected chi connectivity index (χ1v) is 5.77. The predicted octanol–water partition coefficient (Wildman–Crippen LogP) is 1.09. The maximum absolute atomic E-state index is 12.1. The molecule has 1 aliphatic heterocycles. The maximum atomic E-state index is 12.1. The number of nitriles is 1. The van der Waals surface area contributed by atoms with Crippen LogP contribution < -0.4 is 0 Å². The van der Waals surface area contributed by atoms with Crippen LogP contribution in [0.15, 0.2) is 0 Å². The van der Waals surface area contributed by atoms with Crippen LogP contribution in [0.2, 0.25) is 0 Å². The van der Waals surface area contributed by atoms with E-state index in [9.17, 15) is 4.79 Å². The molecule has 1 unspecified atom stereocenters. The zero-order chi connectivity index (χ0) is 12.3. The van der Waals surface area contributed by atoms with Crippen LogP contribution in [-0.2, 0) is 4.79 Å². The van der Waals surface area contributed by atoms with E-state index in [0.29, 0.717) is 0 Å². The second kappa shape index (κ2) is 4.84. The minimum absolute atomic E-state index is 0.0778. The van der Waals surface area contributed by atoms with E-state index in [-0.39, 0.29) is 23.8 Å². The van der Waals surface area contributed by atoms with Crippen LogP contribution in [0.5, 0.6) is 0 Å². The third-order valence-electron chi connectivity index (χ3n) is 3.09. The van der Waals surface area contributed by atoms with Crippen molar-refractivity contribution >= 4 is 5.91 Å². The monoisotopic (exact) mass is 223 g/mol. The molecule has 0 spiro atoms. The Morgan fingerprint density at radius 3 is 2.62 bits per heavy atom. The second-order valence-corrected chi connectivity index (χ2v) is 5.30. The quantitative estimate of drug-likeness (QED) is 0.704. The van der Waals surface area contributed by atoms with Gasteiger partial charge in [0, 0.05) is 20.1 Å². The van der Waals surface area contributed by atoms with Crippen LogP contribution in [0, 0.1) is 16.7 Å². The highest BCUT2D eigenvalue weighted by molar-refractivity contribution is 5.82. The van der Waals surface area contributed by atoms with Gasteiger partial charge in [-0.2, -0.15) is 5.26 Å². The van der Waals surface area contributed by atoms with Gasteiger partial charge < -0.3 is 4.90 Å². The number of hydrogen-bond donors (Lipinski definition) is 0. The highest BCUT2D eigenvalue weighted by atomic mass is 16.2. The zero-order valence-electron chi connectivity index (χ0n) is 10.7. The highest BCUT2D eigenvalue weighted by Gasteiger charge is 2.37. The second-order valence-electron chi connectivity index (χ2n) is 5.30. The van der Waals surface area contributed by atoms with Crippen molar-refractivity contribution in [2.45, 2.75) is 33.2 Å². The van der Waals surface area contributed by atoms with Gasteiger partial charge in [-0.05, 0) is 12.0 Å². The first-order chi connectivity index (χ1) is 7.41. The Balaban J connectivity index is 2.96. The van der Waals surface area contributed by atoms with Crippen molar-refractivity contribution in [3.63, 3.8) is 0 Å². The largest absolute Gasteiger partial charge is 0.344 e. The molecule has 0 saturated carbocycles. The molecule has 0 aromatic heterocycles. The van der Waals surface area contributed by atoms with Crippen molar-refractivity contribution in [2.24, 2.45) is 5.41 Å². The lowest BCUT2D eigenvalue weighted by molar-refractivity contribution is -0.134. The van der Waals surface area contributed by atoms with Gasteiger partial charge >= 0.3 is 0 Å². The number of hydrogen-bond acceptors (Lipinski definition) is 3. The average Bonchev–Trinajstić information content (AvgIpc) is 2.27. The summed E-state index contributed by atoms with van der Waals surface area (Å²) < 4.78 is 0. The summed E-state index contributed by atoms with van der Waals surface area (Å²) in [4.78, 5) is 16.0. The number of carbonyl (C=O) groups is 1. The van der Waals surface area contributed by atoms with Gasteiger partial charge in [0.25, 0.3) is 0 Å². The molecule has 0 aromatic carbocycles. The van der Waals surface area contributed by atoms with Crippen molar-refractivity contribution in [2.75, 3.05) is 26.7 Å². The molecule has 0 N–H and O–H groups in total. The molecule has 16 heavy (non-hydrogen) atoms. The van der Waals surface area contributed by atoms with E-state index in [4.69, 9.17) is 5.26 Å². The molecule has 1 heterocycles. The number of carbonyl (C=O) groups excluding carboxylic acids is 1. The van der Waals surface area contributed by atoms with Gasteiger partial charge in [0.1, 0.15) is 6.04 Å². The molecule has 0 bridgehead atoms. The highest BCUT2D eigenvalue weighted by Crippen LogP contribution is 2.25. The van der Waals surface area contributed by atoms with E-state index in [2.05, 4.69) is 24.8 Å². The lowest BCUT2D eigenvalue weighted by Crippen LogP contribution is -2.44. The summed E-state index contributed by atoms with van der Waals surface area (Å²) >= 11 is 0. The number of likely N-dealkylation sites (N-methyl/N-ethyl adjacent to an activating group) is 2. The SMILES string of the molecule is CCN1CC(C)(C)CN(C)C(=O)C1CC#N. The third-order valence-corrected chi connectivity index (χ3v) is 3.09. The van der Waals surface area contributed by atoms with Crippen molar-refractivity contribution in [1.29, 1.82) is 5.26 Å². The van der Waals surface area contributed by atoms with Gasteiger partial charge in [0.15, 0.2) is 0 Å². The van der Waals surface area contributed by atoms with Gasteiger partial charge in [-0.15, -0.1) is 0 Å². The van der Waals surface area contributed by atoms with Gasteiger partial charge in [-0.3, -0.25) is 9.69 Å². The molecule has 4 nitrogen and oxygen atoms in total. The number of amides is 1. The van der Waals surface area contributed by atoms with Crippen LogP contribution in [0.3, 0.4) is 0 Å². The fraction of sp³-hybridized carbons (Fsp3) is 0.833. The predicted molar refractivity (Wildman–Crippen MR) is 62.7 cm³/mol. The lowest BCUT2D eigenvalue weighted by atomic mass is 9.92. The molecule has 1 amide bonds. The molecular formula is C12H21N3O. The van der Waals surface area contributed by atoms with Crippen molar-refractivity contribution in [3.05, 3.63) is 0 Å². The Morgan fingerprint density at radius 2 is 2.12 bits per heavy atom. The van der Waals surface area contributed by atoms with Crippen LogP contribution in [0.4, 0.5) is 0 Å². The molecule has 90 valence electrons. The Bertz CT molecular complexity index is 306. The molecule has 1 atom stereocenters. The molecule has 1 rings (SSSR count). The Hall–Kier alpha value is -1.08. The van der Waals surface area contributed by atoms with Gasteiger partial charge in [0.2, 0.25) is 5.91 Å². The summed E-state index contributed by atoms with van der Waals surface area (Å²) in [5.74, 6) is 0.0778. The Labute approximate surface area is 97.8 Å². The van der Waals surface area contributed by atoms with E-state index in [0.717, 1.165) is 19.6 Å². The summed E-state index contributed by atoms with van der Waals surface area (Å²) in [7, 11) is 1.83. The maximum Gasteiger partial charge on any atom is 0.240 e. The van der Waals surface area contributed by atoms with Crippen molar-refractivity contribution < 1.29 is 4.79 Å². The zero-order valence-corrected chi connectivity index (χ0v) is 10.7. The first kappa shape index (κ1) is 13.0. The summed E-state index contributed by atoms with van der Waals surface area (Å²) in [6.45, 7) is 8.80. The number of rotatable bonds is 2. The Kier molecular flexibility index (Phi) is 3.93. The molecule has 0 aliphatic carbocycles. The van der Waals surface area contributed by atoms with Crippen LogP contribution in [0.25, 0.3) is 0 Å². The van der Waals surface area contributed by atoms with Gasteiger partial charge in [-0.1, -0.05) is 20.8 Å². The summed E-state index contributed by atoms with van der Waals surface area (Å²) in [5, 5.41) is 8.81. The van der Waals surface area contributed by atoms with E-state index in [1.54, 1.807) is 4.90 Å². The molecular weight excluding hydrogens is 202 g/mol. The smallest absolute Gasteiger partial charge is 0.240 e. The van der Waals surface area contributed by atoms with Crippen LogP contribution >= 0.6 is 0 Å². The average molecular weight is 223 g/mol.